The van der Waals surface area contributed by atoms with E-state index in [0.717, 1.165) is 0 Å². The van der Waals surface area contributed by atoms with Crippen molar-refractivity contribution in [3.8, 4) is 0 Å². The van der Waals surface area contributed by atoms with Crippen molar-refractivity contribution in [1.29, 1.82) is 0 Å². The molecule has 0 unspecified atom stereocenters. The van der Waals surface area contributed by atoms with Gasteiger partial charge in [0.2, 0.25) is 11.0 Å². The Kier molecular flexibility index (Phi) is 5.05. The van der Waals surface area contributed by atoms with Crippen molar-refractivity contribution >= 4 is 23.1 Å². The van der Waals surface area contributed by atoms with Crippen LogP contribution in [0.3, 0.4) is 0 Å². The molecule has 1 aromatic heterocycles. The summed E-state index contributed by atoms with van der Waals surface area (Å²) in [6.07, 6.45) is 1.01. The molecule has 94 valence electrons. The van der Waals surface area contributed by atoms with E-state index in [1.54, 1.807) is 0 Å². The van der Waals surface area contributed by atoms with E-state index in [1.165, 1.54) is 0 Å². The van der Waals surface area contributed by atoms with Gasteiger partial charge in [0.05, 0.1) is 4.92 Å². The fraction of sp³-hybridized carbons (Fsp3) is 0.556. The van der Waals surface area contributed by atoms with Crippen LogP contribution in [0.4, 0.5) is 11.5 Å². The fourth-order valence-electron chi connectivity index (χ4n) is 1.20. The Hall–Kier alpha value is -1.47. The van der Waals surface area contributed by atoms with E-state index in [0.29, 0.717) is 25.2 Å². The number of rotatable bonds is 6. The van der Waals surface area contributed by atoms with Crippen LogP contribution in [0, 0.1) is 10.1 Å². The number of aliphatic hydroxyl groups excluding tert-OH is 1. The van der Waals surface area contributed by atoms with Crippen LogP contribution in [-0.4, -0.2) is 33.1 Å². The molecule has 2 N–H and O–H groups in total. The van der Waals surface area contributed by atoms with Crippen LogP contribution in [0.5, 0.6) is 0 Å². The smallest absolute Gasteiger partial charge is 0.348 e. The van der Waals surface area contributed by atoms with Gasteiger partial charge in [0, 0.05) is 19.6 Å². The maximum Gasteiger partial charge on any atom is 0.348 e. The highest BCUT2D eigenvalue weighted by Crippen LogP contribution is 2.29. The molecular formula is C9H13ClN4O3. The second kappa shape index (κ2) is 6.31. The summed E-state index contributed by atoms with van der Waals surface area (Å²) in [5.74, 6) is 0.535. The Morgan fingerprint density at radius 2 is 2.24 bits per heavy atom. The van der Waals surface area contributed by atoms with Gasteiger partial charge in [-0.25, -0.2) is 9.97 Å². The van der Waals surface area contributed by atoms with Gasteiger partial charge in [-0.3, -0.25) is 10.1 Å². The molecule has 8 heteroatoms. The molecule has 0 bridgehead atoms. The number of hydrogen-bond donors (Lipinski definition) is 2. The van der Waals surface area contributed by atoms with Gasteiger partial charge in [-0.05, 0) is 6.42 Å². The van der Waals surface area contributed by atoms with Gasteiger partial charge in [0.1, 0.15) is 5.82 Å². The molecule has 0 amide bonds. The van der Waals surface area contributed by atoms with E-state index >= 15 is 0 Å². The number of nitro groups is 1. The second-order valence-electron chi connectivity index (χ2n) is 3.24. The molecule has 1 aromatic rings. The minimum absolute atomic E-state index is 0.000246. The van der Waals surface area contributed by atoms with Crippen molar-refractivity contribution in [2.45, 2.75) is 19.8 Å². The van der Waals surface area contributed by atoms with Gasteiger partial charge in [-0.1, -0.05) is 18.5 Å². The number of halogens is 1. The number of aromatic nitrogens is 2. The zero-order valence-corrected chi connectivity index (χ0v) is 10.1. The number of anilines is 1. The molecule has 1 heterocycles. The van der Waals surface area contributed by atoms with Crippen LogP contribution >= 0.6 is 11.6 Å². The van der Waals surface area contributed by atoms with Crippen molar-refractivity contribution in [3.05, 3.63) is 21.1 Å². The van der Waals surface area contributed by atoms with Gasteiger partial charge in [0.25, 0.3) is 0 Å². The number of nitrogens with zero attached hydrogens (tertiary/aromatic N) is 3. The number of aliphatic hydroxyl groups is 1. The van der Waals surface area contributed by atoms with Crippen molar-refractivity contribution < 1.29 is 10.0 Å². The Morgan fingerprint density at radius 3 is 2.76 bits per heavy atom. The van der Waals surface area contributed by atoms with Gasteiger partial charge < -0.3 is 10.4 Å². The number of aryl methyl sites for hydroxylation is 1. The topological polar surface area (TPSA) is 101 Å². The van der Waals surface area contributed by atoms with Crippen LogP contribution in [0.2, 0.25) is 5.15 Å². The summed E-state index contributed by atoms with van der Waals surface area (Å²) < 4.78 is 0. The largest absolute Gasteiger partial charge is 0.396 e. The summed E-state index contributed by atoms with van der Waals surface area (Å²) in [6.45, 7) is 2.21. The standard InChI is InChI=1S/C9H13ClN4O3/c1-2-6-12-8(10)7(14(16)17)9(13-6)11-4-3-5-15/h15H,2-5H2,1H3,(H,11,12,13). The fourth-order valence-corrected chi connectivity index (χ4v) is 1.46. The maximum atomic E-state index is 10.8. The van der Waals surface area contributed by atoms with Crippen LogP contribution in [0.25, 0.3) is 0 Å². The third kappa shape index (κ3) is 3.50. The molecule has 0 spiro atoms. The summed E-state index contributed by atoms with van der Waals surface area (Å²) in [5, 5.41) is 22.1. The van der Waals surface area contributed by atoms with Crippen LogP contribution < -0.4 is 5.32 Å². The Bertz CT molecular complexity index is 413. The van der Waals surface area contributed by atoms with E-state index in [4.69, 9.17) is 16.7 Å². The van der Waals surface area contributed by atoms with E-state index in [9.17, 15) is 10.1 Å². The zero-order chi connectivity index (χ0) is 12.8. The van der Waals surface area contributed by atoms with E-state index in [-0.39, 0.29) is 23.3 Å². The average Bonchev–Trinajstić information content (AvgIpc) is 2.28. The highest BCUT2D eigenvalue weighted by molar-refractivity contribution is 6.31. The number of nitrogens with one attached hydrogen (secondary N) is 1. The van der Waals surface area contributed by atoms with Crippen LogP contribution in [-0.2, 0) is 6.42 Å². The van der Waals surface area contributed by atoms with Crippen molar-refractivity contribution in [1.82, 2.24) is 9.97 Å². The normalized spacial score (nSPS) is 10.3. The van der Waals surface area contributed by atoms with Crippen molar-refractivity contribution in [3.63, 3.8) is 0 Å². The Labute approximate surface area is 103 Å². The first-order chi connectivity index (χ1) is 8.10. The Balaban J connectivity index is 3.04. The molecule has 0 aromatic carbocycles. The summed E-state index contributed by atoms with van der Waals surface area (Å²) >= 11 is 5.74. The minimum Gasteiger partial charge on any atom is -0.396 e. The molecule has 0 fully saturated rings. The third-order valence-corrected chi connectivity index (χ3v) is 2.28. The van der Waals surface area contributed by atoms with E-state index in [2.05, 4.69) is 15.3 Å². The summed E-state index contributed by atoms with van der Waals surface area (Å²) in [7, 11) is 0. The molecule has 0 aliphatic heterocycles. The molecule has 17 heavy (non-hydrogen) atoms. The lowest BCUT2D eigenvalue weighted by Gasteiger charge is -2.07. The first kappa shape index (κ1) is 13.6. The monoisotopic (exact) mass is 260 g/mol. The lowest BCUT2D eigenvalue weighted by Crippen LogP contribution is -2.10. The van der Waals surface area contributed by atoms with Crippen LogP contribution in [0.1, 0.15) is 19.2 Å². The SMILES string of the molecule is CCc1nc(Cl)c([N+](=O)[O-])c(NCCCO)n1. The van der Waals surface area contributed by atoms with Crippen molar-refractivity contribution in [2.24, 2.45) is 0 Å². The lowest BCUT2D eigenvalue weighted by molar-refractivity contribution is -0.384. The number of hydrogen-bond acceptors (Lipinski definition) is 6. The molecule has 0 radical (unpaired) electrons. The summed E-state index contributed by atoms with van der Waals surface area (Å²) in [5.41, 5.74) is -0.332. The average molecular weight is 261 g/mol. The lowest BCUT2D eigenvalue weighted by atomic mass is 10.4. The van der Waals surface area contributed by atoms with E-state index < -0.39 is 4.92 Å². The highest BCUT2D eigenvalue weighted by atomic mass is 35.5. The summed E-state index contributed by atoms with van der Waals surface area (Å²) in [4.78, 5) is 18.0. The molecule has 0 saturated heterocycles. The first-order valence-corrected chi connectivity index (χ1v) is 5.53. The summed E-state index contributed by atoms with van der Waals surface area (Å²) in [6, 6.07) is 0. The van der Waals surface area contributed by atoms with Gasteiger partial charge in [-0.2, -0.15) is 0 Å². The third-order valence-electron chi connectivity index (χ3n) is 2.01. The molecule has 7 nitrogen and oxygen atoms in total. The molecule has 0 atom stereocenters. The van der Waals surface area contributed by atoms with Gasteiger partial charge >= 0.3 is 5.69 Å². The molecule has 0 saturated carbocycles. The van der Waals surface area contributed by atoms with Gasteiger partial charge in [-0.15, -0.1) is 0 Å². The molecule has 1 rings (SSSR count). The molecular weight excluding hydrogens is 248 g/mol. The Morgan fingerprint density at radius 1 is 1.53 bits per heavy atom. The van der Waals surface area contributed by atoms with Crippen LogP contribution in [0.15, 0.2) is 0 Å². The highest BCUT2D eigenvalue weighted by Gasteiger charge is 2.22. The second-order valence-corrected chi connectivity index (χ2v) is 3.60. The quantitative estimate of drug-likeness (QED) is 0.347. The molecule has 0 aliphatic rings. The zero-order valence-electron chi connectivity index (χ0n) is 9.31. The maximum absolute atomic E-state index is 10.8. The van der Waals surface area contributed by atoms with E-state index in [1.807, 2.05) is 6.92 Å². The van der Waals surface area contributed by atoms with Crippen molar-refractivity contribution in [2.75, 3.05) is 18.5 Å². The first-order valence-electron chi connectivity index (χ1n) is 5.15. The van der Waals surface area contributed by atoms with Gasteiger partial charge in [0.15, 0.2) is 0 Å². The predicted molar refractivity (Wildman–Crippen MR) is 63.3 cm³/mol. The predicted octanol–water partition coefficient (Wildman–Crippen LogP) is 1.39. The minimum atomic E-state index is -0.622. The molecule has 0 aliphatic carbocycles.